The predicted octanol–water partition coefficient (Wildman–Crippen LogP) is 1.34. The number of carbonyl (C=O) groups is 3. The van der Waals surface area contributed by atoms with Crippen LogP contribution in [0, 0.1) is 13.8 Å². The molecule has 1 N–H and O–H groups in total. The van der Waals surface area contributed by atoms with E-state index in [4.69, 9.17) is 0 Å². The number of aromatic nitrogens is 1. The minimum atomic E-state index is -0.527. The number of nitrogens with zero attached hydrogens (tertiary/aromatic N) is 3. The molecule has 0 unspecified atom stereocenters. The van der Waals surface area contributed by atoms with E-state index >= 15 is 0 Å². The minimum Gasteiger partial charge on any atom is -0.345 e. The number of nitrogens with one attached hydrogen (secondary N) is 1. The van der Waals surface area contributed by atoms with Gasteiger partial charge in [-0.25, -0.2) is 0 Å². The molecule has 1 saturated heterocycles. The van der Waals surface area contributed by atoms with Crippen LogP contribution in [0.1, 0.15) is 29.7 Å². The van der Waals surface area contributed by atoms with Crippen molar-refractivity contribution in [3.05, 3.63) is 41.1 Å². The fraction of sp³-hybridized carbons (Fsp3) is 0.455. The molecular formula is C22H26N4O3. The summed E-state index contributed by atoms with van der Waals surface area (Å²) in [4.78, 5) is 45.0. The SMILES string of the molecule is Cc1nc2ccccc2c(C)c1CC(=O)N1CCN(C(=O)C(=O)NC2CC2)CC1. The van der Waals surface area contributed by atoms with E-state index in [1.165, 1.54) is 4.90 Å². The zero-order valence-electron chi connectivity index (χ0n) is 16.9. The van der Waals surface area contributed by atoms with Crippen LogP contribution in [0.5, 0.6) is 0 Å². The van der Waals surface area contributed by atoms with Crippen LogP contribution < -0.4 is 5.32 Å². The van der Waals surface area contributed by atoms with Gasteiger partial charge in [0.05, 0.1) is 11.9 Å². The number of hydrogen-bond acceptors (Lipinski definition) is 4. The van der Waals surface area contributed by atoms with Crippen LogP contribution in [0.2, 0.25) is 0 Å². The number of pyridine rings is 1. The highest BCUT2D eigenvalue weighted by Gasteiger charge is 2.31. The standard InChI is InChI=1S/C22H26N4O3/c1-14-17-5-3-4-6-19(17)23-15(2)18(14)13-20(27)25-9-11-26(12-10-25)22(29)21(28)24-16-7-8-16/h3-6,16H,7-13H2,1-2H3,(H,24,28). The third kappa shape index (κ3) is 4.09. The molecular weight excluding hydrogens is 368 g/mol. The van der Waals surface area contributed by atoms with Crippen molar-refractivity contribution in [3.8, 4) is 0 Å². The number of amides is 3. The zero-order chi connectivity index (χ0) is 20.5. The van der Waals surface area contributed by atoms with E-state index in [1.54, 1.807) is 4.90 Å². The number of benzene rings is 1. The molecule has 29 heavy (non-hydrogen) atoms. The first-order valence-electron chi connectivity index (χ1n) is 10.2. The van der Waals surface area contributed by atoms with Crippen molar-refractivity contribution in [2.45, 2.75) is 39.2 Å². The molecule has 4 rings (SSSR count). The lowest BCUT2D eigenvalue weighted by atomic mass is 9.99. The largest absolute Gasteiger partial charge is 0.345 e. The molecule has 152 valence electrons. The van der Waals surface area contributed by atoms with Crippen LogP contribution >= 0.6 is 0 Å². The van der Waals surface area contributed by atoms with Crippen LogP contribution in [-0.2, 0) is 20.8 Å². The van der Waals surface area contributed by atoms with Gasteiger partial charge in [0.2, 0.25) is 5.91 Å². The average Bonchev–Trinajstić information content (AvgIpc) is 3.54. The van der Waals surface area contributed by atoms with E-state index in [-0.39, 0.29) is 11.9 Å². The fourth-order valence-electron chi connectivity index (χ4n) is 3.87. The molecule has 0 atom stereocenters. The van der Waals surface area contributed by atoms with Crippen molar-refractivity contribution >= 4 is 28.6 Å². The second kappa shape index (κ2) is 7.81. The Kier molecular flexibility index (Phi) is 5.22. The summed E-state index contributed by atoms with van der Waals surface area (Å²) in [6.45, 7) is 5.64. The summed E-state index contributed by atoms with van der Waals surface area (Å²) in [7, 11) is 0. The van der Waals surface area contributed by atoms with Gasteiger partial charge >= 0.3 is 11.8 Å². The molecule has 7 heteroatoms. The van der Waals surface area contributed by atoms with Gasteiger partial charge in [-0.15, -0.1) is 0 Å². The Hall–Kier alpha value is -2.96. The second-order valence-electron chi connectivity index (χ2n) is 7.92. The third-order valence-corrected chi connectivity index (χ3v) is 5.84. The van der Waals surface area contributed by atoms with Gasteiger partial charge < -0.3 is 15.1 Å². The predicted molar refractivity (Wildman–Crippen MR) is 109 cm³/mol. The summed E-state index contributed by atoms with van der Waals surface area (Å²) in [6, 6.07) is 8.12. The van der Waals surface area contributed by atoms with Gasteiger partial charge in [-0.2, -0.15) is 0 Å². The number of aryl methyl sites for hydroxylation is 2. The summed E-state index contributed by atoms with van der Waals surface area (Å²) >= 11 is 0. The van der Waals surface area contributed by atoms with Gasteiger partial charge in [-0.3, -0.25) is 19.4 Å². The Labute approximate surface area is 170 Å². The third-order valence-electron chi connectivity index (χ3n) is 5.84. The topological polar surface area (TPSA) is 82.6 Å². The van der Waals surface area contributed by atoms with Crippen LogP contribution in [-0.4, -0.2) is 64.7 Å². The monoisotopic (exact) mass is 394 g/mol. The van der Waals surface area contributed by atoms with E-state index in [0.717, 1.165) is 40.6 Å². The van der Waals surface area contributed by atoms with E-state index in [2.05, 4.69) is 10.3 Å². The van der Waals surface area contributed by atoms with E-state index in [9.17, 15) is 14.4 Å². The van der Waals surface area contributed by atoms with Crippen LogP contribution in [0.3, 0.4) is 0 Å². The van der Waals surface area contributed by atoms with Gasteiger partial charge in [0.25, 0.3) is 0 Å². The summed E-state index contributed by atoms with van der Waals surface area (Å²) < 4.78 is 0. The number of carbonyl (C=O) groups excluding carboxylic acids is 3. The van der Waals surface area contributed by atoms with Crippen molar-refractivity contribution in [1.82, 2.24) is 20.1 Å². The normalized spacial score (nSPS) is 16.8. The van der Waals surface area contributed by atoms with E-state index in [0.29, 0.717) is 32.6 Å². The first kappa shape index (κ1) is 19.4. The number of rotatable bonds is 3. The lowest BCUT2D eigenvalue weighted by molar-refractivity contribution is -0.148. The van der Waals surface area contributed by atoms with Crippen molar-refractivity contribution in [2.75, 3.05) is 26.2 Å². The second-order valence-corrected chi connectivity index (χ2v) is 7.92. The highest BCUT2D eigenvalue weighted by molar-refractivity contribution is 6.35. The summed E-state index contributed by atoms with van der Waals surface area (Å²) in [5.74, 6) is -0.988. The Morgan fingerprint density at radius 3 is 2.38 bits per heavy atom. The Morgan fingerprint density at radius 2 is 1.69 bits per heavy atom. The summed E-state index contributed by atoms with van der Waals surface area (Å²) in [5.41, 5.74) is 3.87. The molecule has 1 aliphatic carbocycles. The van der Waals surface area contributed by atoms with Gasteiger partial charge in [-0.05, 0) is 43.9 Å². The van der Waals surface area contributed by atoms with Crippen molar-refractivity contribution in [2.24, 2.45) is 0 Å². The minimum absolute atomic E-state index is 0.0304. The summed E-state index contributed by atoms with van der Waals surface area (Å²) in [5, 5.41) is 3.79. The molecule has 7 nitrogen and oxygen atoms in total. The smallest absolute Gasteiger partial charge is 0.312 e. The number of para-hydroxylation sites is 1. The lowest BCUT2D eigenvalue weighted by Gasteiger charge is -2.34. The first-order valence-corrected chi connectivity index (χ1v) is 10.2. The maximum atomic E-state index is 12.9. The molecule has 1 saturated carbocycles. The van der Waals surface area contributed by atoms with E-state index in [1.807, 2.05) is 38.1 Å². The molecule has 2 heterocycles. The molecule has 2 aliphatic rings. The zero-order valence-corrected chi connectivity index (χ0v) is 16.9. The lowest BCUT2D eigenvalue weighted by Crippen LogP contribution is -2.54. The van der Waals surface area contributed by atoms with Gasteiger partial charge in [0, 0.05) is 43.3 Å². The van der Waals surface area contributed by atoms with Gasteiger partial charge in [0.1, 0.15) is 0 Å². The molecule has 2 aromatic rings. The van der Waals surface area contributed by atoms with E-state index < -0.39 is 11.8 Å². The summed E-state index contributed by atoms with van der Waals surface area (Å²) in [6.07, 6.45) is 2.19. The quantitative estimate of drug-likeness (QED) is 0.797. The Balaban J connectivity index is 1.38. The van der Waals surface area contributed by atoms with Crippen LogP contribution in [0.4, 0.5) is 0 Å². The molecule has 1 aliphatic heterocycles. The van der Waals surface area contributed by atoms with Crippen molar-refractivity contribution < 1.29 is 14.4 Å². The van der Waals surface area contributed by atoms with Gasteiger partial charge in [-0.1, -0.05) is 18.2 Å². The molecule has 0 spiro atoms. The maximum absolute atomic E-state index is 12.9. The Bertz CT molecular complexity index is 975. The number of fused-ring (bicyclic) bond motifs is 1. The fourth-order valence-corrected chi connectivity index (χ4v) is 3.87. The molecule has 3 amide bonds. The van der Waals surface area contributed by atoms with Crippen LogP contribution in [0.25, 0.3) is 10.9 Å². The Morgan fingerprint density at radius 1 is 1.03 bits per heavy atom. The van der Waals surface area contributed by atoms with Crippen molar-refractivity contribution in [3.63, 3.8) is 0 Å². The molecule has 1 aromatic carbocycles. The molecule has 0 radical (unpaired) electrons. The first-order chi connectivity index (χ1) is 13.9. The highest BCUT2D eigenvalue weighted by Crippen LogP contribution is 2.23. The maximum Gasteiger partial charge on any atom is 0.312 e. The van der Waals surface area contributed by atoms with Crippen LogP contribution in [0.15, 0.2) is 24.3 Å². The van der Waals surface area contributed by atoms with Gasteiger partial charge in [0.15, 0.2) is 0 Å². The average molecular weight is 394 g/mol. The number of hydrogen-bond donors (Lipinski definition) is 1. The molecule has 2 fully saturated rings. The number of piperazine rings is 1. The molecule has 1 aromatic heterocycles. The highest BCUT2D eigenvalue weighted by atomic mass is 16.2. The molecule has 0 bridgehead atoms. The van der Waals surface area contributed by atoms with Crippen molar-refractivity contribution in [1.29, 1.82) is 0 Å².